The van der Waals surface area contributed by atoms with E-state index in [4.69, 9.17) is 11.2 Å². The average molecular weight is 351 g/mol. The second-order valence-electron chi connectivity index (χ2n) is 5.71. The summed E-state index contributed by atoms with van der Waals surface area (Å²) in [5.74, 6) is 3.07. The molecular weight excluding hydrogens is 334 g/mol. The smallest absolute Gasteiger partial charge is 0.148 e. The van der Waals surface area contributed by atoms with Crippen molar-refractivity contribution in [3.05, 3.63) is 72.4 Å². The summed E-state index contributed by atoms with van der Waals surface area (Å²) in [6, 6.07) is 13.5. The van der Waals surface area contributed by atoms with Gasteiger partial charge >= 0.3 is 0 Å². The first-order valence-corrected chi connectivity index (χ1v) is 8.25. The summed E-state index contributed by atoms with van der Waals surface area (Å²) in [6.45, 7) is 7.83. The molecule has 0 aliphatic rings. The highest BCUT2D eigenvalue weighted by atomic mass is 16.5. The monoisotopic (exact) mass is 351 g/mol. The Labute approximate surface area is 158 Å². The number of terminal acetylenes is 1. The fourth-order valence-corrected chi connectivity index (χ4v) is 2.77. The quantitative estimate of drug-likeness (QED) is 0.624. The topological polar surface area (TPSA) is 57.9 Å². The number of rotatable bonds is 6. The molecule has 3 rings (SSSR count). The van der Waals surface area contributed by atoms with Crippen LogP contribution in [0.5, 0.6) is 5.75 Å². The van der Waals surface area contributed by atoms with Gasteiger partial charge in [0.05, 0.1) is 16.8 Å². The highest BCUT2D eigenvalue weighted by Crippen LogP contribution is 2.31. The number of aromatic nitrogens is 1. The molecule has 0 fully saturated rings. The summed E-state index contributed by atoms with van der Waals surface area (Å²) in [7, 11) is 0. The molecule has 2 aromatic carbocycles. The molecule has 0 atom stereocenters. The number of pyridine rings is 1. The van der Waals surface area contributed by atoms with Gasteiger partial charge in [0.1, 0.15) is 18.4 Å². The predicted molar refractivity (Wildman–Crippen MR) is 111 cm³/mol. The number of benzene rings is 2. The molecule has 0 amide bonds. The molecule has 27 heavy (non-hydrogen) atoms. The van der Waals surface area contributed by atoms with Crippen molar-refractivity contribution >= 4 is 34.4 Å². The fraction of sp³-hybridized carbons (Fsp3) is 0.0435. The van der Waals surface area contributed by atoms with E-state index in [9.17, 15) is 5.26 Å². The molecule has 0 bridgehead atoms. The third-order valence-electron chi connectivity index (χ3n) is 4.08. The molecule has 1 N–H and O–H groups in total. The third kappa shape index (κ3) is 3.66. The number of hydrogen-bond donors (Lipinski definition) is 1. The second-order valence-corrected chi connectivity index (χ2v) is 5.71. The van der Waals surface area contributed by atoms with Crippen molar-refractivity contribution < 1.29 is 4.74 Å². The molecule has 3 aromatic rings. The molecule has 1 aromatic heterocycles. The summed E-state index contributed by atoms with van der Waals surface area (Å²) >= 11 is 0. The maximum Gasteiger partial charge on any atom is 0.148 e. The van der Waals surface area contributed by atoms with Crippen molar-refractivity contribution in [2.45, 2.75) is 0 Å². The Balaban J connectivity index is 2.07. The number of hydrogen-bond acceptors (Lipinski definition) is 4. The number of fused-ring (bicyclic) bond motifs is 1. The van der Waals surface area contributed by atoms with Crippen LogP contribution in [-0.4, -0.2) is 11.6 Å². The minimum atomic E-state index is 0.187. The van der Waals surface area contributed by atoms with E-state index in [2.05, 4.69) is 35.4 Å². The Morgan fingerprint density at radius 3 is 2.67 bits per heavy atom. The van der Waals surface area contributed by atoms with Gasteiger partial charge in [-0.1, -0.05) is 37.3 Å². The number of ether oxygens (including phenoxy) is 1. The van der Waals surface area contributed by atoms with E-state index in [1.54, 1.807) is 24.4 Å². The maximum absolute atomic E-state index is 9.50. The normalized spacial score (nSPS) is 9.85. The molecule has 130 valence electrons. The van der Waals surface area contributed by atoms with Crippen molar-refractivity contribution in [1.82, 2.24) is 4.98 Å². The van der Waals surface area contributed by atoms with Crippen molar-refractivity contribution in [3.8, 4) is 24.2 Å². The fourth-order valence-electron chi connectivity index (χ4n) is 2.77. The van der Waals surface area contributed by atoms with Crippen LogP contribution in [0.2, 0.25) is 0 Å². The molecule has 0 unspecified atom stereocenters. The Kier molecular flexibility index (Phi) is 5.21. The highest BCUT2D eigenvalue weighted by molar-refractivity contribution is 5.96. The molecule has 0 radical (unpaired) electrons. The number of nitriles is 1. The van der Waals surface area contributed by atoms with Crippen molar-refractivity contribution in [1.29, 1.82) is 5.26 Å². The van der Waals surface area contributed by atoms with Crippen LogP contribution in [0, 0.1) is 23.7 Å². The van der Waals surface area contributed by atoms with E-state index in [0.717, 1.165) is 22.2 Å². The van der Waals surface area contributed by atoms with Gasteiger partial charge in [0, 0.05) is 23.3 Å². The number of nitrogens with one attached hydrogen (secondary N) is 1. The van der Waals surface area contributed by atoms with E-state index in [-0.39, 0.29) is 6.61 Å². The standard InChI is InChI=1S/C23H17N3O/c1-4-11-27-20-9-10-21-22(13-20)25-15-18(14-24)23(21)26-19-8-7-16(5-2)17(6-3)12-19/h1,5-10,12-13,15H,2-3,11H2,(H,25,26). The zero-order valence-corrected chi connectivity index (χ0v) is 14.7. The summed E-state index contributed by atoms with van der Waals surface area (Å²) in [5.41, 5.74) is 4.63. The predicted octanol–water partition coefficient (Wildman–Crippen LogP) is 5.15. The van der Waals surface area contributed by atoms with Crippen LogP contribution in [0.3, 0.4) is 0 Å². The first kappa shape index (κ1) is 17.8. The van der Waals surface area contributed by atoms with E-state index in [0.29, 0.717) is 22.5 Å². The lowest BCUT2D eigenvalue weighted by Gasteiger charge is -2.13. The molecule has 0 saturated carbocycles. The van der Waals surface area contributed by atoms with Crippen LogP contribution in [0.4, 0.5) is 11.4 Å². The van der Waals surface area contributed by atoms with Gasteiger partial charge in [-0.05, 0) is 35.4 Å². The first-order chi connectivity index (χ1) is 13.2. The lowest BCUT2D eigenvalue weighted by atomic mass is 10.1. The van der Waals surface area contributed by atoms with Gasteiger partial charge in [-0.15, -0.1) is 6.42 Å². The lowest BCUT2D eigenvalue weighted by molar-refractivity contribution is 0.371. The zero-order valence-electron chi connectivity index (χ0n) is 14.7. The highest BCUT2D eigenvalue weighted by Gasteiger charge is 2.11. The molecule has 4 nitrogen and oxygen atoms in total. The largest absolute Gasteiger partial charge is 0.481 e. The van der Waals surface area contributed by atoms with Gasteiger partial charge in [-0.2, -0.15) is 5.26 Å². The van der Waals surface area contributed by atoms with E-state index in [1.165, 1.54) is 0 Å². The van der Waals surface area contributed by atoms with Crippen molar-refractivity contribution in [2.24, 2.45) is 0 Å². The van der Waals surface area contributed by atoms with E-state index < -0.39 is 0 Å². The average Bonchev–Trinajstić information content (AvgIpc) is 2.72. The Morgan fingerprint density at radius 1 is 1.15 bits per heavy atom. The van der Waals surface area contributed by atoms with Gasteiger partial charge in [0.25, 0.3) is 0 Å². The van der Waals surface area contributed by atoms with Crippen LogP contribution in [0.1, 0.15) is 16.7 Å². The maximum atomic E-state index is 9.50. The van der Waals surface area contributed by atoms with Crippen LogP contribution in [-0.2, 0) is 0 Å². The Morgan fingerprint density at radius 2 is 1.96 bits per heavy atom. The lowest BCUT2D eigenvalue weighted by Crippen LogP contribution is -1.98. The van der Waals surface area contributed by atoms with E-state index in [1.807, 2.05) is 30.3 Å². The summed E-state index contributed by atoms with van der Waals surface area (Å²) in [4.78, 5) is 4.36. The van der Waals surface area contributed by atoms with Crippen LogP contribution >= 0.6 is 0 Å². The number of nitrogens with zero attached hydrogens (tertiary/aromatic N) is 2. The SMILES string of the molecule is C#CCOc1ccc2c(Nc3ccc(C=C)c(C=C)c3)c(C#N)cnc2c1. The summed E-state index contributed by atoms with van der Waals surface area (Å²) < 4.78 is 5.45. The summed E-state index contributed by atoms with van der Waals surface area (Å²) in [5, 5.41) is 13.7. The van der Waals surface area contributed by atoms with Crippen molar-refractivity contribution in [2.75, 3.05) is 11.9 Å². The first-order valence-electron chi connectivity index (χ1n) is 8.25. The minimum absolute atomic E-state index is 0.187. The second kappa shape index (κ2) is 7.91. The van der Waals surface area contributed by atoms with Gasteiger partial charge in [-0.3, -0.25) is 4.98 Å². The van der Waals surface area contributed by atoms with E-state index >= 15 is 0 Å². The van der Waals surface area contributed by atoms with Gasteiger partial charge in [0.15, 0.2) is 0 Å². The Hall–Kier alpha value is -4.02. The number of anilines is 2. The van der Waals surface area contributed by atoms with Crippen LogP contribution < -0.4 is 10.1 Å². The molecule has 0 aliphatic heterocycles. The summed E-state index contributed by atoms with van der Waals surface area (Å²) in [6.07, 6.45) is 10.3. The molecular formula is C23H17N3O. The Bertz CT molecular complexity index is 1120. The van der Waals surface area contributed by atoms with Gasteiger partial charge < -0.3 is 10.1 Å². The van der Waals surface area contributed by atoms with Crippen LogP contribution in [0.25, 0.3) is 23.1 Å². The third-order valence-corrected chi connectivity index (χ3v) is 4.08. The van der Waals surface area contributed by atoms with Crippen molar-refractivity contribution in [3.63, 3.8) is 0 Å². The molecule has 1 heterocycles. The molecule has 0 spiro atoms. The molecule has 0 saturated heterocycles. The molecule has 0 aliphatic carbocycles. The minimum Gasteiger partial charge on any atom is -0.481 e. The van der Waals surface area contributed by atoms with Gasteiger partial charge in [0.2, 0.25) is 0 Å². The zero-order chi connectivity index (χ0) is 19.2. The van der Waals surface area contributed by atoms with Crippen LogP contribution in [0.15, 0.2) is 55.8 Å². The molecule has 4 heteroatoms. The van der Waals surface area contributed by atoms with Gasteiger partial charge in [-0.25, -0.2) is 0 Å².